The molecule has 0 saturated carbocycles. The monoisotopic (exact) mass is 364 g/mol. The molecule has 1 heterocycles. The summed E-state index contributed by atoms with van der Waals surface area (Å²) in [6, 6.07) is 11.7. The van der Waals surface area contributed by atoms with Crippen LogP contribution in [0.25, 0.3) is 10.2 Å². The summed E-state index contributed by atoms with van der Waals surface area (Å²) < 4.78 is 12.7. The largest absolute Gasteiger partial charge is 0.493 e. The third-order valence-electron chi connectivity index (χ3n) is 2.99. The Labute approximate surface area is 134 Å². The van der Waals surface area contributed by atoms with Crippen LogP contribution in [-0.4, -0.2) is 19.2 Å². The Morgan fingerprint density at radius 3 is 2.62 bits per heavy atom. The molecule has 1 N–H and O–H groups in total. The van der Waals surface area contributed by atoms with Gasteiger partial charge in [0.15, 0.2) is 16.6 Å². The number of thiazole rings is 1. The molecule has 4 nitrogen and oxygen atoms in total. The number of nitrogens with zero attached hydrogens (tertiary/aromatic N) is 1. The first-order valence-electron chi connectivity index (χ1n) is 6.25. The average Bonchev–Trinajstić information content (AvgIpc) is 2.88. The minimum Gasteiger partial charge on any atom is -0.493 e. The highest BCUT2D eigenvalue weighted by molar-refractivity contribution is 9.10. The van der Waals surface area contributed by atoms with Crippen molar-refractivity contribution in [1.82, 2.24) is 4.98 Å². The Bertz CT molecular complexity index is 788. The summed E-state index contributed by atoms with van der Waals surface area (Å²) in [7, 11) is 3.24. The van der Waals surface area contributed by atoms with E-state index in [0.717, 1.165) is 25.5 Å². The van der Waals surface area contributed by atoms with Crippen molar-refractivity contribution in [2.24, 2.45) is 0 Å². The molecule has 0 atom stereocenters. The first-order valence-corrected chi connectivity index (χ1v) is 7.85. The molecule has 108 valence electrons. The second-order valence-corrected chi connectivity index (χ2v) is 6.27. The minimum absolute atomic E-state index is 0.686. The predicted molar refractivity (Wildman–Crippen MR) is 90.1 cm³/mol. The zero-order chi connectivity index (χ0) is 14.8. The number of benzene rings is 2. The quantitative estimate of drug-likeness (QED) is 0.720. The van der Waals surface area contributed by atoms with E-state index in [-0.39, 0.29) is 0 Å². The van der Waals surface area contributed by atoms with Crippen molar-refractivity contribution >= 4 is 48.3 Å². The van der Waals surface area contributed by atoms with Crippen LogP contribution in [0.4, 0.5) is 10.8 Å². The maximum atomic E-state index is 5.30. The Morgan fingerprint density at radius 1 is 1.05 bits per heavy atom. The van der Waals surface area contributed by atoms with Gasteiger partial charge in [-0.05, 0) is 30.3 Å². The van der Waals surface area contributed by atoms with E-state index in [1.807, 2.05) is 30.3 Å². The lowest BCUT2D eigenvalue weighted by Gasteiger charge is -2.09. The van der Waals surface area contributed by atoms with E-state index in [1.54, 1.807) is 25.6 Å². The highest BCUT2D eigenvalue weighted by Gasteiger charge is 2.08. The molecular weight excluding hydrogens is 352 g/mol. The molecule has 0 aliphatic carbocycles. The van der Waals surface area contributed by atoms with Crippen LogP contribution >= 0.6 is 27.3 Å². The normalized spacial score (nSPS) is 10.6. The zero-order valence-corrected chi connectivity index (χ0v) is 13.9. The van der Waals surface area contributed by atoms with Crippen LogP contribution in [0.3, 0.4) is 0 Å². The molecule has 6 heteroatoms. The SMILES string of the molecule is COc1ccc(Nc2nc3ccc(Br)cc3s2)cc1OC. The summed E-state index contributed by atoms with van der Waals surface area (Å²) in [5.41, 5.74) is 1.89. The number of halogens is 1. The van der Waals surface area contributed by atoms with Crippen LogP contribution < -0.4 is 14.8 Å². The van der Waals surface area contributed by atoms with Gasteiger partial charge in [-0.3, -0.25) is 0 Å². The van der Waals surface area contributed by atoms with E-state index in [2.05, 4.69) is 32.3 Å². The van der Waals surface area contributed by atoms with Crippen LogP contribution in [0.15, 0.2) is 40.9 Å². The Kier molecular flexibility index (Phi) is 3.98. The number of ether oxygens (including phenoxy) is 2. The molecule has 2 aromatic carbocycles. The van der Waals surface area contributed by atoms with Gasteiger partial charge in [-0.25, -0.2) is 4.98 Å². The topological polar surface area (TPSA) is 43.4 Å². The summed E-state index contributed by atoms with van der Waals surface area (Å²) in [5.74, 6) is 1.39. The van der Waals surface area contributed by atoms with Crippen molar-refractivity contribution in [1.29, 1.82) is 0 Å². The number of hydrogen-bond donors (Lipinski definition) is 1. The molecule has 0 unspecified atom stereocenters. The minimum atomic E-state index is 0.686. The van der Waals surface area contributed by atoms with E-state index in [0.29, 0.717) is 11.5 Å². The third kappa shape index (κ3) is 2.96. The van der Waals surface area contributed by atoms with Gasteiger partial charge in [0.05, 0.1) is 24.4 Å². The molecule has 0 spiro atoms. The number of anilines is 2. The van der Waals surface area contributed by atoms with Crippen LogP contribution in [0, 0.1) is 0 Å². The number of methoxy groups -OCH3 is 2. The lowest BCUT2D eigenvalue weighted by Crippen LogP contribution is -1.93. The van der Waals surface area contributed by atoms with Gasteiger partial charge in [0.25, 0.3) is 0 Å². The van der Waals surface area contributed by atoms with E-state index in [1.165, 1.54) is 0 Å². The van der Waals surface area contributed by atoms with Gasteiger partial charge in [-0.1, -0.05) is 27.3 Å². The van der Waals surface area contributed by atoms with Gasteiger partial charge in [0.2, 0.25) is 0 Å². The Hall–Kier alpha value is -1.79. The molecule has 1 aromatic heterocycles. The van der Waals surface area contributed by atoms with Gasteiger partial charge in [-0.15, -0.1) is 0 Å². The second kappa shape index (κ2) is 5.91. The molecule has 0 fully saturated rings. The molecule has 3 rings (SSSR count). The summed E-state index contributed by atoms with van der Waals surface area (Å²) >= 11 is 5.08. The number of fused-ring (bicyclic) bond motifs is 1. The van der Waals surface area contributed by atoms with Crippen molar-refractivity contribution < 1.29 is 9.47 Å². The van der Waals surface area contributed by atoms with E-state index in [9.17, 15) is 0 Å². The van der Waals surface area contributed by atoms with E-state index >= 15 is 0 Å². The maximum Gasteiger partial charge on any atom is 0.188 e. The molecule has 3 aromatic rings. The van der Waals surface area contributed by atoms with Crippen LogP contribution in [0.2, 0.25) is 0 Å². The van der Waals surface area contributed by atoms with Crippen molar-refractivity contribution in [3.05, 3.63) is 40.9 Å². The van der Waals surface area contributed by atoms with Crippen LogP contribution in [0.1, 0.15) is 0 Å². The van der Waals surface area contributed by atoms with Gasteiger partial charge in [-0.2, -0.15) is 0 Å². The third-order valence-corrected chi connectivity index (χ3v) is 4.41. The zero-order valence-electron chi connectivity index (χ0n) is 11.5. The van der Waals surface area contributed by atoms with E-state index < -0.39 is 0 Å². The Balaban J connectivity index is 1.91. The molecule has 0 radical (unpaired) electrons. The molecule has 0 bridgehead atoms. The number of rotatable bonds is 4. The van der Waals surface area contributed by atoms with Crippen molar-refractivity contribution in [2.75, 3.05) is 19.5 Å². The van der Waals surface area contributed by atoms with Crippen LogP contribution in [0.5, 0.6) is 11.5 Å². The molecule has 0 amide bonds. The summed E-state index contributed by atoms with van der Waals surface area (Å²) in [6.45, 7) is 0. The number of aromatic nitrogens is 1. The fourth-order valence-corrected chi connectivity index (χ4v) is 3.43. The Morgan fingerprint density at radius 2 is 1.86 bits per heavy atom. The van der Waals surface area contributed by atoms with Gasteiger partial charge < -0.3 is 14.8 Å². The fraction of sp³-hybridized carbons (Fsp3) is 0.133. The van der Waals surface area contributed by atoms with Crippen LogP contribution in [-0.2, 0) is 0 Å². The van der Waals surface area contributed by atoms with Gasteiger partial charge in [0.1, 0.15) is 0 Å². The van der Waals surface area contributed by atoms with Crippen molar-refractivity contribution in [3.8, 4) is 11.5 Å². The molecule has 21 heavy (non-hydrogen) atoms. The fourth-order valence-electron chi connectivity index (χ4n) is 1.99. The molecule has 0 aliphatic heterocycles. The first kappa shape index (κ1) is 14.2. The summed E-state index contributed by atoms with van der Waals surface area (Å²) in [4.78, 5) is 4.56. The highest BCUT2D eigenvalue weighted by atomic mass is 79.9. The lowest BCUT2D eigenvalue weighted by molar-refractivity contribution is 0.355. The summed E-state index contributed by atoms with van der Waals surface area (Å²) in [5, 5.41) is 4.14. The first-order chi connectivity index (χ1) is 10.2. The van der Waals surface area contributed by atoms with Gasteiger partial charge >= 0.3 is 0 Å². The van der Waals surface area contributed by atoms with E-state index in [4.69, 9.17) is 9.47 Å². The second-order valence-electron chi connectivity index (χ2n) is 4.33. The standard InChI is InChI=1S/C15H13BrN2O2S/c1-19-12-6-4-10(8-13(12)20-2)17-15-18-11-5-3-9(16)7-14(11)21-15/h3-8H,1-2H3,(H,17,18). The number of hydrogen-bond acceptors (Lipinski definition) is 5. The lowest BCUT2D eigenvalue weighted by atomic mass is 10.3. The molecule has 0 aliphatic rings. The van der Waals surface area contributed by atoms with Crippen molar-refractivity contribution in [3.63, 3.8) is 0 Å². The maximum absolute atomic E-state index is 5.30. The number of nitrogens with one attached hydrogen (secondary N) is 1. The molecular formula is C15H13BrN2O2S. The van der Waals surface area contributed by atoms with Gasteiger partial charge in [0, 0.05) is 16.2 Å². The predicted octanol–water partition coefficient (Wildman–Crippen LogP) is 4.82. The average molecular weight is 365 g/mol. The summed E-state index contributed by atoms with van der Waals surface area (Å²) in [6.07, 6.45) is 0. The smallest absolute Gasteiger partial charge is 0.188 e. The highest BCUT2D eigenvalue weighted by Crippen LogP contribution is 2.34. The van der Waals surface area contributed by atoms with Crippen molar-refractivity contribution in [2.45, 2.75) is 0 Å². The molecule has 0 saturated heterocycles.